The van der Waals surface area contributed by atoms with E-state index in [0.29, 0.717) is 5.69 Å². The quantitative estimate of drug-likeness (QED) is 0.184. The first-order valence-electron chi connectivity index (χ1n) is 15.0. The molecule has 0 aliphatic heterocycles. The lowest BCUT2D eigenvalue weighted by Crippen LogP contribution is -2.12. The zero-order valence-corrected chi connectivity index (χ0v) is 26.9. The second kappa shape index (κ2) is 11.1. The number of aryl methyl sites for hydroxylation is 2. The Labute approximate surface area is 268 Å². The van der Waals surface area contributed by atoms with Crippen LogP contribution in [0, 0.1) is 20.4 Å². The molecule has 220 valence electrons. The maximum atomic E-state index is 7.81. The maximum Gasteiger partial charge on any atom is 0.189 e. The van der Waals surface area contributed by atoms with Crippen molar-refractivity contribution >= 4 is 39.3 Å². The Bertz CT molecular complexity index is 2260. The Morgan fingerprint density at radius 2 is 1.53 bits per heavy atom. The van der Waals surface area contributed by atoms with Gasteiger partial charge in [0.05, 0.1) is 35.3 Å². The SMILES string of the molecule is [C-]#[N+]c1cc(Sc2ccc3c4ccccc4n(-c4cc(C(C)(C)C)ccn4)c3c2)cc(-c2cn(-c3c(C)cccc3C)cn2)c1. The van der Waals surface area contributed by atoms with Crippen LogP contribution in [0.2, 0.25) is 0 Å². The highest BCUT2D eigenvalue weighted by atomic mass is 32.2. The Balaban J connectivity index is 1.30. The van der Waals surface area contributed by atoms with Crippen LogP contribution in [0.1, 0.15) is 37.5 Å². The fourth-order valence-electron chi connectivity index (χ4n) is 6.07. The molecule has 3 aromatic heterocycles. The minimum absolute atomic E-state index is 0.0116. The van der Waals surface area contributed by atoms with E-state index >= 15 is 0 Å². The van der Waals surface area contributed by atoms with Crippen molar-refractivity contribution in [1.29, 1.82) is 0 Å². The van der Waals surface area contributed by atoms with Crippen molar-refractivity contribution in [1.82, 2.24) is 19.1 Å². The smallest absolute Gasteiger partial charge is 0.189 e. The first-order chi connectivity index (χ1) is 21.7. The number of hydrogen-bond donors (Lipinski definition) is 0. The average Bonchev–Trinajstić information content (AvgIpc) is 3.63. The van der Waals surface area contributed by atoms with Crippen LogP contribution >= 0.6 is 11.8 Å². The summed E-state index contributed by atoms with van der Waals surface area (Å²) in [5.41, 5.74) is 9.37. The first kappa shape index (κ1) is 28.6. The van der Waals surface area contributed by atoms with E-state index in [1.807, 2.05) is 24.7 Å². The highest BCUT2D eigenvalue weighted by Gasteiger charge is 2.18. The van der Waals surface area contributed by atoms with Crippen molar-refractivity contribution in [3.8, 4) is 22.8 Å². The van der Waals surface area contributed by atoms with Crippen molar-refractivity contribution < 1.29 is 0 Å². The van der Waals surface area contributed by atoms with Gasteiger partial charge in [-0.2, -0.15) is 0 Å². The van der Waals surface area contributed by atoms with Crippen LogP contribution < -0.4 is 0 Å². The molecule has 0 fully saturated rings. The number of fused-ring (bicyclic) bond motifs is 3. The fraction of sp³-hybridized carbons (Fsp3) is 0.154. The first-order valence-corrected chi connectivity index (χ1v) is 15.8. The largest absolute Gasteiger partial charge is 0.305 e. The van der Waals surface area contributed by atoms with Crippen LogP contribution in [0.3, 0.4) is 0 Å². The van der Waals surface area contributed by atoms with Crippen LogP contribution in [-0.4, -0.2) is 19.1 Å². The summed E-state index contributed by atoms with van der Waals surface area (Å²) in [7, 11) is 0. The molecule has 6 heteroatoms. The second-order valence-electron chi connectivity index (χ2n) is 12.5. The third-order valence-corrected chi connectivity index (χ3v) is 9.28. The monoisotopic (exact) mass is 603 g/mol. The van der Waals surface area contributed by atoms with Gasteiger partial charge >= 0.3 is 0 Å². The van der Waals surface area contributed by atoms with Crippen molar-refractivity contribution in [3.63, 3.8) is 0 Å². The van der Waals surface area contributed by atoms with Crippen molar-refractivity contribution in [2.24, 2.45) is 0 Å². The molecule has 0 bridgehead atoms. The summed E-state index contributed by atoms with van der Waals surface area (Å²) >= 11 is 1.66. The lowest BCUT2D eigenvalue weighted by molar-refractivity contribution is 0.588. The van der Waals surface area contributed by atoms with E-state index in [1.165, 1.54) is 27.5 Å². The number of para-hydroxylation sites is 2. The normalized spacial score (nSPS) is 11.7. The molecule has 7 aromatic rings. The zero-order chi connectivity index (χ0) is 31.3. The van der Waals surface area contributed by atoms with Crippen LogP contribution in [0.15, 0.2) is 120 Å². The van der Waals surface area contributed by atoms with Crippen LogP contribution in [-0.2, 0) is 5.41 Å². The highest BCUT2D eigenvalue weighted by molar-refractivity contribution is 7.99. The number of nitrogens with zero attached hydrogens (tertiary/aromatic N) is 5. The number of aromatic nitrogens is 4. The maximum absolute atomic E-state index is 7.81. The number of rotatable bonds is 5. The molecule has 45 heavy (non-hydrogen) atoms. The van der Waals surface area contributed by atoms with Gasteiger partial charge in [-0.15, -0.1) is 0 Å². The summed E-state index contributed by atoms with van der Waals surface area (Å²) in [6.07, 6.45) is 5.82. The van der Waals surface area contributed by atoms with E-state index in [2.05, 4.69) is 134 Å². The van der Waals surface area contributed by atoms with E-state index < -0.39 is 0 Å². The van der Waals surface area contributed by atoms with Gasteiger partial charge in [-0.1, -0.05) is 75.0 Å². The molecule has 4 aromatic carbocycles. The summed E-state index contributed by atoms with van der Waals surface area (Å²) in [6.45, 7) is 18.7. The van der Waals surface area contributed by atoms with Gasteiger partial charge < -0.3 is 4.57 Å². The van der Waals surface area contributed by atoms with Crippen molar-refractivity contribution in [2.75, 3.05) is 0 Å². The Kier molecular flexibility index (Phi) is 7.07. The third kappa shape index (κ3) is 5.30. The van der Waals surface area contributed by atoms with Crippen LogP contribution in [0.25, 0.3) is 49.4 Å². The van der Waals surface area contributed by atoms with Gasteiger partial charge in [-0.05, 0) is 90.0 Å². The molecule has 0 N–H and O–H groups in total. The fourth-order valence-corrected chi connectivity index (χ4v) is 7.01. The zero-order valence-electron chi connectivity index (χ0n) is 26.0. The minimum atomic E-state index is 0.0116. The third-order valence-electron chi connectivity index (χ3n) is 8.32. The molecule has 0 aliphatic carbocycles. The summed E-state index contributed by atoms with van der Waals surface area (Å²) in [6, 6.07) is 31.7. The van der Waals surface area contributed by atoms with Gasteiger partial charge in [0.1, 0.15) is 5.82 Å². The molecule has 0 aliphatic rings. The lowest BCUT2D eigenvalue weighted by atomic mass is 9.88. The molecule has 5 nitrogen and oxygen atoms in total. The summed E-state index contributed by atoms with van der Waals surface area (Å²) in [5, 5.41) is 2.38. The number of pyridine rings is 1. The number of benzene rings is 4. The van der Waals surface area contributed by atoms with Gasteiger partial charge in [0, 0.05) is 33.0 Å². The topological polar surface area (TPSA) is 40.0 Å². The highest BCUT2D eigenvalue weighted by Crippen LogP contribution is 2.39. The van der Waals surface area contributed by atoms with E-state index in [0.717, 1.165) is 43.6 Å². The second-order valence-corrected chi connectivity index (χ2v) is 13.7. The average molecular weight is 604 g/mol. The standard InChI is InChI=1S/C39H33N5S/c1-25-10-9-11-26(2)38(25)43-23-34(42-24-43)27-18-29(40-6)21-31(19-27)45-30-14-15-33-32-12-7-8-13-35(32)44(36(33)22-30)37-20-28(16-17-41-37)39(3,4)5/h7-24H,1-5H3. The predicted octanol–water partition coefficient (Wildman–Crippen LogP) is 10.6. The molecule has 0 spiro atoms. The van der Waals surface area contributed by atoms with E-state index in [1.54, 1.807) is 11.8 Å². The molecule has 3 heterocycles. The molecule has 0 saturated carbocycles. The van der Waals surface area contributed by atoms with Crippen LogP contribution in [0.4, 0.5) is 5.69 Å². The number of imidazole rings is 1. The van der Waals surface area contributed by atoms with Gasteiger partial charge in [0.2, 0.25) is 0 Å². The van der Waals surface area contributed by atoms with Crippen LogP contribution in [0.5, 0.6) is 0 Å². The molecule has 0 atom stereocenters. The van der Waals surface area contributed by atoms with Crippen molar-refractivity contribution in [2.45, 2.75) is 49.8 Å². The summed E-state index contributed by atoms with van der Waals surface area (Å²) in [5.74, 6) is 0.910. The Morgan fingerprint density at radius 1 is 0.756 bits per heavy atom. The predicted molar refractivity (Wildman–Crippen MR) is 186 cm³/mol. The van der Waals surface area contributed by atoms with E-state index in [9.17, 15) is 0 Å². The van der Waals surface area contributed by atoms with Gasteiger partial charge in [-0.25, -0.2) is 14.8 Å². The van der Waals surface area contributed by atoms with Gasteiger partial charge in [0.25, 0.3) is 0 Å². The molecular formula is C39H33N5S. The molecule has 0 unspecified atom stereocenters. The van der Waals surface area contributed by atoms with Crippen molar-refractivity contribution in [3.05, 3.63) is 138 Å². The van der Waals surface area contributed by atoms with E-state index in [-0.39, 0.29) is 5.41 Å². The molecule has 0 saturated heterocycles. The van der Waals surface area contributed by atoms with Gasteiger partial charge in [0.15, 0.2) is 5.69 Å². The lowest BCUT2D eigenvalue weighted by Gasteiger charge is -2.20. The number of hydrogen-bond acceptors (Lipinski definition) is 3. The molecule has 7 rings (SSSR count). The molecule has 0 radical (unpaired) electrons. The Hall–Kier alpha value is -5.12. The summed E-state index contributed by atoms with van der Waals surface area (Å²) < 4.78 is 4.35. The molecular weight excluding hydrogens is 571 g/mol. The Morgan fingerprint density at radius 3 is 2.31 bits per heavy atom. The molecule has 0 amide bonds. The van der Waals surface area contributed by atoms with E-state index in [4.69, 9.17) is 16.5 Å². The van der Waals surface area contributed by atoms with Gasteiger partial charge in [-0.3, -0.25) is 4.57 Å². The summed E-state index contributed by atoms with van der Waals surface area (Å²) in [4.78, 5) is 15.5. The minimum Gasteiger partial charge on any atom is -0.305 e.